The monoisotopic (exact) mass is 230 g/mol. The van der Waals surface area contributed by atoms with Gasteiger partial charge in [0.1, 0.15) is 0 Å². The molecule has 1 aromatic heterocycles. The van der Waals surface area contributed by atoms with E-state index in [0.29, 0.717) is 0 Å². The van der Waals surface area contributed by atoms with Crippen molar-refractivity contribution in [1.29, 1.82) is 0 Å². The lowest BCUT2D eigenvalue weighted by Crippen LogP contribution is -2.19. The largest absolute Gasteiger partial charge is 0.136 e. The molecule has 1 heterocycles. The Labute approximate surface area is 102 Å². The summed E-state index contributed by atoms with van der Waals surface area (Å²) in [5, 5.41) is 1.27. The standard InChI is InChI=1S/C15H18S/c1-5-9-12-13(10-6-2)15(11-7-3)16-14(12)8-4/h5-11H,1H2,2-4H3. The molecule has 0 aliphatic rings. The fourth-order valence-electron chi connectivity index (χ4n) is 1.61. The van der Waals surface area contributed by atoms with Crippen LogP contribution in [0, 0.1) is 0 Å². The Morgan fingerprint density at radius 2 is 1.75 bits per heavy atom. The van der Waals surface area contributed by atoms with Crippen molar-refractivity contribution in [3.63, 3.8) is 0 Å². The van der Waals surface area contributed by atoms with E-state index in [1.54, 1.807) is 0 Å². The smallest absolute Gasteiger partial charge is 0.0351 e. The average Bonchev–Trinajstić information content (AvgIpc) is 2.60. The fourth-order valence-corrected chi connectivity index (χ4v) is 2.75. The lowest BCUT2D eigenvalue weighted by Gasteiger charge is -1.90. The van der Waals surface area contributed by atoms with E-state index in [2.05, 4.69) is 50.0 Å². The minimum absolute atomic E-state index is 1.27. The van der Waals surface area contributed by atoms with Crippen molar-refractivity contribution in [3.05, 3.63) is 45.0 Å². The van der Waals surface area contributed by atoms with Gasteiger partial charge in [-0.3, -0.25) is 0 Å². The molecule has 0 spiro atoms. The van der Waals surface area contributed by atoms with Gasteiger partial charge in [-0.25, -0.2) is 0 Å². The van der Waals surface area contributed by atoms with Gasteiger partial charge in [-0.2, -0.15) is 0 Å². The summed E-state index contributed by atoms with van der Waals surface area (Å²) in [6, 6.07) is 0. The zero-order valence-corrected chi connectivity index (χ0v) is 11.0. The Kier molecular flexibility index (Phi) is 5.00. The fraction of sp³-hybridized carbons (Fsp3) is 0.200. The molecule has 1 rings (SSSR count). The maximum atomic E-state index is 3.78. The van der Waals surface area contributed by atoms with E-state index >= 15 is 0 Å². The topological polar surface area (TPSA) is 0 Å². The van der Waals surface area contributed by atoms with Crippen LogP contribution in [0.2, 0.25) is 0 Å². The highest BCUT2D eigenvalue weighted by Gasteiger charge is 2.02. The summed E-state index contributed by atoms with van der Waals surface area (Å²) in [6.07, 6.45) is 14.6. The molecule has 0 bridgehead atoms. The second-order valence-corrected chi connectivity index (χ2v) is 4.43. The third-order valence-corrected chi connectivity index (χ3v) is 3.49. The van der Waals surface area contributed by atoms with Gasteiger partial charge in [-0.15, -0.1) is 11.3 Å². The van der Waals surface area contributed by atoms with E-state index in [4.69, 9.17) is 0 Å². The van der Waals surface area contributed by atoms with Crippen LogP contribution >= 0.6 is 11.3 Å². The van der Waals surface area contributed by atoms with Gasteiger partial charge < -0.3 is 0 Å². The maximum absolute atomic E-state index is 3.78. The zero-order chi connectivity index (χ0) is 12.0. The normalized spacial score (nSPS) is 14.4. The van der Waals surface area contributed by atoms with E-state index in [1.807, 2.05) is 31.3 Å². The number of thiophene rings is 1. The number of rotatable bonds is 3. The molecule has 0 aromatic carbocycles. The predicted octanol–water partition coefficient (Wildman–Crippen LogP) is 3.58. The van der Waals surface area contributed by atoms with E-state index in [0.717, 1.165) is 0 Å². The van der Waals surface area contributed by atoms with Crippen LogP contribution in [-0.2, 0) is 0 Å². The van der Waals surface area contributed by atoms with Crippen molar-refractivity contribution in [2.45, 2.75) is 20.8 Å². The zero-order valence-electron chi connectivity index (χ0n) is 10.2. The lowest BCUT2D eigenvalue weighted by atomic mass is 10.1. The Hall–Kier alpha value is -1.34. The molecule has 0 aliphatic carbocycles. The molecular formula is C15H18S. The number of hydrogen-bond acceptors (Lipinski definition) is 1. The van der Waals surface area contributed by atoms with Crippen molar-refractivity contribution in [1.82, 2.24) is 0 Å². The molecule has 84 valence electrons. The second kappa shape index (κ2) is 6.29. The highest BCUT2D eigenvalue weighted by molar-refractivity contribution is 7.11. The second-order valence-electron chi connectivity index (χ2n) is 3.35. The summed E-state index contributed by atoms with van der Waals surface area (Å²) >= 11 is 1.82. The Bertz CT molecular complexity index is 525. The van der Waals surface area contributed by atoms with Crippen LogP contribution in [0.25, 0.3) is 24.3 Å². The molecule has 0 atom stereocenters. The van der Waals surface area contributed by atoms with Crippen LogP contribution < -0.4 is 9.75 Å². The molecule has 0 fully saturated rings. The summed E-state index contributed by atoms with van der Waals surface area (Å²) in [4.78, 5) is 1.31. The Morgan fingerprint density at radius 1 is 1.06 bits per heavy atom. The van der Waals surface area contributed by atoms with Crippen LogP contribution in [0.5, 0.6) is 0 Å². The molecule has 0 saturated carbocycles. The maximum Gasteiger partial charge on any atom is 0.0351 e. The molecule has 16 heavy (non-hydrogen) atoms. The van der Waals surface area contributed by atoms with Crippen LogP contribution in [0.15, 0.2) is 24.8 Å². The molecular weight excluding hydrogens is 212 g/mol. The summed E-state index contributed by atoms with van der Waals surface area (Å²) in [7, 11) is 0. The van der Waals surface area contributed by atoms with Crippen LogP contribution in [-0.4, -0.2) is 0 Å². The van der Waals surface area contributed by atoms with Gasteiger partial charge in [0, 0.05) is 9.41 Å². The molecule has 1 aromatic rings. The van der Waals surface area contributed by atoms with Crippen LogP contribution in [0.4, 0.5) is 0 Å². The molecule has 0 radical (unpaired) electrons. The van der Waals surface area contributed by atoms with Gasteiger partial charge >= 0.3 is 0 Å². The van der Waals surface area contributed by atoms with Crippen LogP contribution in [0.3, 0.4) is 0 Å². The first-order chi connectivity index (χ1) is 7.78. The third-order valence-electron chi connectivity index (χ3n) is 2.24. The van der Waals surface area contributed by atoms with E-state index in [9.17, 15) is 0 Å². The SMILES string of the molecule is C=CC=c1c(C=CC)c(C=CC)sc1=CC. The van der Waals surface area contributed by atoms with E-state index < -0.39 is 0 Å². The Morgan fingerprint density at radius 3 is 2.25 bits per heavy atom. The van der Waals surface area contributed by atoms with Gasteiger partial charge in [0.2, 0.25) is 0 Å². The van der Waals surface area contributed by atoms with Crippen molar-refractivity contribution >= 4 is 35.6 Å². The van der Waals surface area contributed by atoms with Gasteiger partial charge in [0.05, 0.1) is 0 Å². The van der Waals surface area contributed by atoms with Gasteiger partial charge in [0.15, 0.2) is 0 Å². The summed E-state index contributed by atoms with van der Waals surface area (Å²) in [6.45, 7) is 9.95. The highest BCUT2D eigenvalue weighted by Crippen LogP contribution is 2.12. The summed E-state index contributed by atoms with van der Waals surface area (Å²) in [5.41, 5.74) is 1.29. The lowest BCUT2D eigenvalue weighted by molar-refractivity contribution is 1.62. The molecule has 0 nitrogen and oxygen atoms in total. The highest BCUT2D eigenvalue weighted by atomic mass is 32.1. The van der Waals surface area contributed by atoms with Gasteiger partial charge in [0.25, 0.3) is 0 Å². The number of hydrogen-bond donors (Lipinski definition) is 0. The Balaban J connectivity index is 3.68. The van der Waals surface area contributed by atoms with Crippen molar-refractivity contribution in [3.8, 4) is 0 Å². The van der Waals surface area contributed by atoms with Gasteiger partial charge in [-0.1, -0.05) is 43.0 Å². The first-order valence-corrected chi connectivity index (χ1v) is 6.27. The summed E-state index contributed by atoms with van der Waals surface area (Å²) in [5.74, 6) is 0. The quantitative estimate of drug-likeness (QED) is 0.744. The molecule has 0 amide bonds. The molecule has 0 aliphatic heterocycles. The average molecular weight is 230 g/mol. The van der Waals surface area contributed by atoms with Crippen molar-refractivity contribution in [2.75, 3.05) is 0 Å². The van der Waals surface area contributed by atoms with E-state index in [-0.39, 0.29) is 0 Å². The molecule has 0 saturated heterocycles. The van der Waals surface area contributed by atoms with Crippen LogP contribution in [0.1, 0.15) is 31.2 Å². The predicted molar refractivity (Wildman–Crippen MR) is 77.8 cm³/mol. The molecule has 0 N–H and O–H groups in total. The summed E-state index contributed by atoms with van der Waals surface area (Å²) < 4.78 is 1.31. The minimum atomic E-state index is 1.27. The first kappa shape index (κ1) is 12.7. The van der Waals surface area contributed by atoms with E-state index in [1.165, 1.54) is 20.2 Å². The first-order valence-electron chi connectivity index (χ1n) is 5.45. The number of allylic oxidation sites excluding steroid dienone is 3. The van der Waals surface area contributed by atoms with Crippen molar-refractivity contribution in [2.24, 2.45) is 0 Å². The molecule has 0 unspecified atom stereocenters. The molecule has 1 heteroatoms. The third kappa shape index (κ3) is 2.61. The van der Waals surface area contributed by atoms with Gasteiger partial charge in [-0.05, 0) is 37.6 Å². The minimum Gasteiger partial charge on any atom is -0.136 e. The van der Waals surface area contributed by atoms with Crippen molar-refractivity contribution < 1.29 is 0 Å².